The highest BCUT2D eigenvalue weighted by atomic mass is 16.2. The summed E-state index contributed by atoms with van der Waals surface area (Å²) >= 11 is 0. The Labute approximate surface area is 119 Å². The zero-order valence-electron chi connectivity index (χ0n) is 12.6. The molecule has 2 heterocycles. The number of aromatic nitrogens is 2. The topological polar surface area (TPSA) is 40.9 Å². The fraction of sp³-hybridized carbons (Fsp3) is 0.467. The van der Waals surface area contributed by atoms with Gasteiger partial charge in [0.2, 0.25) is 0 Å². The van der Waals surface area contributed by atoms with Crippen molar-refractivity contribution in [2.75, 3.05) is 27.2 Å². The summed E-state index contributed by atoms with van der Waals surface area (Å²) in [7, 11) is 3.99. The summed E-state index contributed by atoms with van der Waals surface area (Å²) in [6.07, 6.45) is 1.96. The highest BCUT2D eigenvalue weighted by Crippen LogP contribution is 2.16. The molecular formula is C15H22N4O. The van der Waals surface area contributed by atoms with E-state index in [4.69, 9.17) is 0 Å². The highest BCUT2D eigenvalue weighted by Gasteiger charge is 2.22. The van der Waals surface area contributed by atoms with E-state index in [9.17, 15) is 4.79 Å². The second-order valence-electron chi connectivity index (χ2n) is 5.05. The third-order valence-corrected chi connectivity index (χ3v) is 3.35. The van der Waals surface area contributed by atoms with Crippen LogP contribution in [0.25, 0.3) is 5.65 Å². The van der Waals surface area contributed by atoms with Crippen LogP contribution in [0.2, 0.25) is 0 Å². The zero-order chi connectivity index (χ0) is 14.7. The van der Waals surface area contributed by atoms with E-state index in [1.807, 2.05) is 56.7 Å². The largest absolute Gasteiger partial charge is 0.338 e. The first-order valence-corrected chi connectivity index (χ1v) is 6.98. The molecule has 0 bridgehead atoms. The molecule has 5 nitrogen and oxygen atoms in total. The summed E-state index contributed by atoms with van der Waals surface area (Å²) in [6, 6.07) is 5.82. The smallest absolute Gasteiger partial charge is 0.274 e. The molecular weight excluding hydrogens is 252 g/mol. The standard InChI is InChI=1S/C15H22N4O/c1-5-18(6-2)15(20)14-12(11-17(3)4)19-10-8-7-9-13(19)16-14/h7-10H,5-6,11H2,1-4H3. The normalized spacial score (nSPS) is 11.2. The van der Waals surface area contributed by atoms with E-state index in [2.05, 4.69) is 9.88 Å². The van der Waals surface area contributed by atoms with Crippen LogP contribution >= 0.6 is 0 Å². The predicted molar refractivity (Wildman–Crippen MR) is 79.8 cm³/mol. The average molecular weight is 274 g/mol. The average Bonchev–Trinajstić information content (AvgIpc) is 2.78. The lowest BCUT2D eigenvalue weighted by Crippen LogP contribution is -2.32. The maximum Gasteiger partial charge on any atom is 0.274 e. The van der Waals surface area contributed by atoms with Crippen molar-refractivity contribution >= 4 is 11.6 Å². The Morgan fingerprint density at radius 1 is 1.25 bits per heavy atom. The van der Waals surface area contributed by atoms with Crippen LogP contribution in [0.4, 0.5) is 0 Å². The van der Waals surface area contributed by atoms with Gasteiger partial charge in [0.1, 0.15) is 5.65 Å². The summed E-state index contributed by atoms with van der Waals surface area (Å²) in [5.41, 5.74) is 2.33. The predicted octanol–water partition coefficient (Wildman–Crippen LogP) is 1.88. The van der Waals surface area contributed by atoms with Crippen molar-refractivity contribution < 1.29 is 4.79 Å². The first-order valence-electron chi connectivity index (χ1n) is 6.98. The minimum Gasteiger partial charge on any atom is -0.338 e. The molecule has 0 aliphatic rings. The fourth-order valence-electron chi connectivity index (χ4n) is 2.33. The Morgan fingerprint density at radius 2 is 1.95 bits per heavy atom. The maximum atomic E-state index is 12.6. The van der Waals surface area contributed by atoms with E-state index in [-0.39, 0.29) is 5.91 Å². The molecule has 0 aromatic carbocycles. The number of hydrogen-bond donors (Lipinski definition) is 0. The number of fused-ring (bicyclic) bond motifs is 1. The fourth-order valence-corrected chi connectivity index (χ4v) is 2.33. The van der Waals surface area contributed by atoms with Crippen LogP contribution in [0.15, 0.2) is 24.4 Å². The molecule has 0 unspecified atom stereocenters. The number of carbonyl (C=O) groups excluding carboxylic acids is 1. The molecule has 0 saturated carbocycles. The molecule has 0 N–H and O–H groups in total. The minimum absolute atomic E-state index is 0.00977. The summed E-state index contributed by atoms with van der Waals surface area (Å²) in [4.78, 5) is 21.0. The molecule has 1 amide bonds. The molecule has 2 aromatic heterocycles. The first-order chi connectivity index (χ1) is 9.58. The van der Waals surface area contributed by atoms with Crippen LogP contribution < -0.4 is 0 Å². The van der Waals surface area contributed by atoms with Gasteiger partial charge in [0.15, 0.2) is 5.69 Å². The van der Waals surface area contributed by atoms with Crippen molar-refractivity contribution in [3.63, 3.8) is 0 Å². The molecule has 20 heavy (non-hydrogen) atoms. The number of nitrogens with zero attached hydrogens (tertiary/aromatic N) is 4. The Kier molecular flexibility index (Phi) is 4.39. The summed E-state index contributed by atoms with van der Waals surface area (Å²) in [5.74, 6) is 0.00977. The molecule has 2 rings (SSSR count). The summed E-state index contributed by atoms with van der Waals surface area (Å²) < 4.78 is 2.00. The van der Waals surface area contributed by atoms with Gasteiger partial charge in [-0.15, -0.1) is 0 Å². The van der Waals surface area contributed by atoms with Crippen LogP contribution in [0.5, 0.6) is 0 Å². The van der Waals surface area contributed by atoms with Gasteiger partial charge in [0, 0.05) is 25.8 Å². The number of pyridine rings is 1. The van der Waals surface area contributed by atoms with Crippen molar-refractivity contribution in [1.82, 2.24) is 19.2 Å². The molecule has 5 heteroatoms. The molecule has 0 atom stereocenters. The number of amides is 1. The van der Waals surface area contributed by atoms with E-state index in [1.165, 1.54) is 0 Å². The number of imidazole rings is 1. The van der Waals surface area contributed by atoms with E-state index in [1.54, 1.807) is 4.90 Å². The second kappa shape index (κ2) is 6.05. The number of rotatable bonds is 5. The van der Waals surface area contributed by atoms with E-state index in [0.717, 1.165) is 11.3 Å². The van der Waals surface area contributed by atoms with Gasteiger partial charge in [0.05, 0.1) is 5.69 Å². The van der Waals surface area contributed by atoms with Gasteiger partial charge >= 0.3 is 0 Å². The Balaban J connectivity index is 2.53. The SMILES string of the molecule is CCN(CC)C(=O)c1nc2ccccn2c1CN(C)C. The van der Waals surface area contributed by atoms with Crippen molar-refractivity contribution in [2.45, 2.75) is 20.4 Å². The second-order valence-corrected chi connectivity index (χ2v) is 5.05. The van der Waals surface area contributed by atoms with Crippen molar-refractivity contribution in [1.29, 1.82) is 0 Å². The monoisotopic (exact) mass is 274 g/mol. The van der Waals surface area contributed by atoms with Crippen LogP contribution in [-0.4, -0.2) is 52.3 Å². The molecule has 108 valence electrons. The van der Waals surface area contributed by atoms with Crippen LogP contribution in [0.3, 0.4) is 0 Å². The van der Waals surface area contributed by atoms with Crippen molar-refractivity contribution in [3.8, 4) is 0 Å². The Bertz CT molecular complexity index is 599. The highest BCUT2D eigenvalue weighted by molar-refractivity contribution is 5.94. The molecule has 0 aliphatic carbocycles. The molecule has 0 radical (unpaired) electrons. The summed E-state index contributed by atoms with van der Waals surface area (Å²) in [5, 5.41) is 0. The van der Waals surface area contributed by atoms with E-state index >= 15 is 0 Å². The van der Waals surface area contributed by atoms with Gasteiger partial charge in [-0.05, 0) is 40.1 Å². The molecule has 2 aromatic rings. The van der Waals surface area contributed by atoms with Crippen LogP contribution in [-0.2, 0) is 6.54 Å². The lowest BCUT2D eigenvalue weighted by molar-refractivity contribution is 0.0766. The number of carbonyl (C=O) groups is 1. The van der Waals surface area contributed by atoms with Crippen LogP contribution in [0.1, 0.15) is 30.0 Å². The lowest BCUT2D eigenvalue weighted by atomic mass is 10.2. The van der Waals surface area contributed by atoms with Gasteiger partial charge in [0.25, 0.3) is 5.91 Å². The Morgan fingerprint density at radius 3 is 2.55 bits per heavy atom. The van der Waals surface area contributed by atoms with Gasteiger partial charge < -0.3 is 14.2 Å². The van der Waals surface area contributed by atoms with Gasteiger partial charge in [-0.1, -0.05) is 6.07 Å². The third kappa shape index (κ3) is 2.67. The third-order valence-electron chi connectivity index (χ3n) is 3.35. The Hall–Kier alpha value is -1.88. The van der Waals surface area contributed by atoms with Gasteiger partial charge in [-0.25, -0.2) is 4.98 Å². The maximum absolute atomic E-state index is 12.6. The van der Waals surface area contributed by atoms with E-state index < -0.39 is 0 Å². The van der Waals surface area contributed by atoms with Gasteiger partial charge in [-0.3, -0.25) is 4.79 Å². The van der Waals surface area contributed by atoms with Crippen molar-refractivity contribution in [2.24, 2.45) is 0 Å². The van der Waals surface area contributed by atoms with Crippen LogP contribution in [0, 0.1) is 0 Å². The zero-order valence-corrected chi connectivity index (χ0v) is 12.6. The van der Waals surface area contributed by atoms with Gasteiger partial charge in [-0.2, -0.15) is 0 Å². The lowest BCUT2D eigenvalue weighted by Gasteiger charge is -2.18. The summed E-state index contributed by atoms with van der Waals surface area (Å²) in [6.45, 7) is 6.06. The van der Waals surface area contributed by atoms with E-state index in [0.29, 0.717) is 25.3 Å². The first kappa shape index (κ1) is 14.5. The molecule has 0 saturated heterocycles. The molecule has 0 spiro atoms. The minimum atomic E-state index is 0.00977. The number of hydrogen-bond acceptors (Lipinski definition) is 3. The quantitative estimate of drug-likeness (QED) is 0.836. The van der Waals surface area contributed by atoms with Crippen molar-refractivity contribution in [3.05, 3.63) is 35.8 Å². The molecule has 0 fully saturated rings. The molecule has 0 aliphatic heterocycles.